The maximum Gasteiger partial charge on any atom is 0.235 e. The Kier molecular flexibility index (Phi) is 7.64. The SMILES string of the molecule is C=CCC(C)c1ccc(OC)c(-c2ccc(O)c3c2C[C@@H]2C[C@@H]4[C@@H](N(C)C)C(=O)C(C(N)=O)C(=O)[C@]4(O)C(=O)C2C3=O)c1. The predicted molar refractivity (Wildman–Crippen MR) is 157 cm³/mol. The molecule has 0 bridgehead atoms. The first-order valence-corrected chi connectivity index (χ1v) is 14.3. The molecular weight excluding hydrogens is 552 g/mol. The highest BCUT2D eigenvalue weighted by Gasteiger charge is 2.69. The predicted octanol–water partition coefficient (Wildman–Crippen LogP) is 2.22. The summed E-state index contributed by atoms with van der Waals surface area (Å²) >= 11 is 0. The third-order valence-electron chi connectivity index (χ3n) is 9.55. The van der Waals surface area contributed by atoms with E-state index in [0.29, 0.717) is 22.4 Å². The number of ether oxygens (including phenoxy) is 1. The van der Waals surface area contributed by atoms with Gasteiger partial charge in [0.15, 0.2) is 34.7 Å². The third-order valence-corrected chi connectivity index (χ3v) is 9.55. The van der Waals surface area contributed by atoms with E-state index in [1.54, 1.807) is 20.2 Å². The quantitative estimate of drug-likeness (QED) is 0.325. The van der Waals surface area contributed by atoms with Crippen molar-refractivity contribution in [1.29, 1.82) is 0 Å². The molecule has 2 aromatic rings. The van der Waals surface area contributed by atoms with Gasteiger partial charge < -0.3 is 20.7 Å². The number of hydrogen-bond donors (Lipinski definition) is 3. The topological polar surface area (TPSA) is 164 Å². The molecule has 0 aliphatic heterocycles. The van der Waals surface area contributed by atoms with Crippen LogP contribution in [0.15, 0.2) is 43.0 Å². The van der Waals surface area contributed by atoms with Crippen molar-refractivity contribution in [2.45, 2.75) is 43.7 Å². The van der Waals surface area contributed by atoms with Crippen molar-refractivity contribution in [2.24, 2.45) is 29.4 Å². The van der Waals surface area contributed by atoms with Crippen LogP contribution >= 0.6 is 0 Å². The fourth-order valence-electron chi connectivity index (χ4n) is 7.49. The maximum absolute atomic E-state index is 14.1. The van der Waals surface area contributed by atoms with Crippen molar-refractivity contribution in [3.8, 4) is 22.6 Å². The highest BCUT2D eigenvalue weighted by molar-refractivity contribution is 6.32. The number of likely N-dealkylation sites (N-methyl/N-ethyl adjacent to an activating group) is 1. The Labute approximate surface area is 249 Å². The van der Waals surface area contributed by atoms with Crippen LogP contribution in [0, 0.1) is 23.7 Å². The summed E-state index contributed by atoms with van der Waals surface area (Å²) in [6.45, 7) is 5.90. The molecule has 7 atom stereocenters. The maximum atomic E-state index is 14.1. The van der Waals surface area contributed by atoms with E-state index in [9.17, 15) is 34.2 Å². The Bertz CT molecular complexity index is 1580. The summed E-state index contributed by atoms with van der Waals surface area (Å²) in [4.78, 5) is 68.6. The Morgan fingerprint density at radius 2 is 1.86 bits per heavy atom. The minimum Gasteiger partial charge on any atom is -0.507 e. The number of amides is 1. The summed E-state index contributed by atoms with van der Waals surface area (Å²) < 4.78 is 5.67. The molecule has 0 spiro atoms. The molecule has 0 saturated heterocycles. The molecule has 0 aromatic heterocycles. The van der Waals surface area contributed by atoms with Crippen LogP contribution in [0.4, 0.5) is 0 Å². The fraction of sp³-hybridized carbons (Fsp3) is 0.424. The molecule has 226 valence electrons. The lowest BCUT2D eigenvalue weighted by molar-refractivity contribution is -0.181. The number of allylic oxidation sites excluding steroid dienone is 1. The lowest BCUT2D eigenvalue weighted by Crippen LogP contribution is -2.74. The molecule has 0 radical (unpaired) electrons. The van der Waals surface area contributed by atoms with E-state index in [4.69, 9.17) is 10.5 Å². The summed E-state index contributed by atoms with van der Waals surface area (Å²) in [6, 6.07) is 7.71. The van der Waals surface area contributed by atoms with Gasteiger partial charge in [0, 0.05) is 11.5 Å². The van der Waals surface area contributed by atoms with Gasteiger partial charge in [0.05, 0.1) is 24.6 Å². The number of fused-ring (bicyclic) bond motifs is 3. The first-order valence-electron chi connectivity index (χ1n) is 14.3. The number of rotatable bonds is 7. The number of nitrogens with two attached hydrogens (primary N) is 1. The minimum atomic E-state index is -2.76. The lowest BCUT2D eigenvalue weighted by Gasteiger charge is -2.52. The number of hydrogen-bond acceptors (Lipinski definition) is 9. The summed E-state index contributed by atoms with van der Waals surface area (Å²) in [5.74, 6) is -10.1. The van der Waals surface area contributed by atoms with Crippen LogP contribution in [0.1, 0.15) is 47.2 Å². The number of nitrogens with zero attached hydrogens (tertiary/aromatic N) is 1. The van der Waals surface area contributed by atoms with Gasteiger partial charge in [0.1, 0.15) is 11.5 Å². The smallest absolute Gasteiger partial charge is 0.235 e. The molecule has 4 N–H and O–H groups in total. The Morgan fingerprint density at radius 1 is 1.16 bits per heavy atom. The van der Waals surface area contributed by atoms with Crippen LogP contribution in [0.2, 0.25) is 0 Å². The second-order valence-corrected chi connectivity index (χ2v) is 12.2. The molecule has 3 unspecified atom stereocenters. The molecule has 3 aliphatic rings. The number of benzene rings is 2. The number of phenolic OH excluding ortho intramolecular Hbond substituents is 1. The zero-order valence-corrected chi connectivity index (χ0v) is 24.6. The number of primary amides is 1. The number of methoxy groups -OCH3 is 1. The van der Waals surface area contributed by atoms with E-state index >= 15 is 0 Å². The zero-order chi connectivity index (χ0) is 31.5. The number of carbonyl (C=O) groups is 5. The van der Waals surface area contributed by atoms with Gasteiger partial charge in [0.2, 0.25) is 5.91 Å². The van der Waals surface area contributed by atoms with E-state index < -0.39 is 64.4 Å². The van der Waals surface area contributed by atoms with Crippen molar-refractivity contribution in [1.82, 2.24) is 4.90 Å². The first-order chi connectivity index (χ1) is 20.3. The molecule has 5 rings (SSSR count). The summed E-state index contributed by atoms with van der Waals surface area (Å²) in [6.07, 6.45) is 2.72. The monoisotopic (exact) mass is 588 g/mol. The average Bonchev–Trinajstić information content (AvgIpc) is 2.94. The molecule has 3 aliphatic carbocycles. The third kappa shape index (κ3) is 4.42. The molecule has 43 heavy (non-hydrogen) atoms. The number of Topliss-reactive ketones (excluding diaryl/α,β-unsaturated/α-hetero) is 4. The van der Waals surface area contributed by atoms with Crippen LogP contribution in [-0.4, -0.2) is 77.0 Å². The van der Waals surface area contributed by atoms with E-state index in [-0.39, 0.29) is 30.1 Å². The van der Waals surface area contributed by atoms with Gasteiger partial charge in [-0.15, -0.1) is 6.58 Å². The van der Waals surface area contributed by atoms with Gasteiger partial charge in [0.25, 0.3) is 0 Å². The van der Waals surface area contributed by atoms with E-state index in [2.05, 4.69) is 13.5 Å². The van der Waals surface area contributed by atoms with Crippen LogP contribution in [0.3, 0.4) is 0 Å². The van der Waals surface area contributed by atoms with Crippen LogP contribution in [0.5, 0.6) is 11.5 Å². The Morgan fingerprint density at radius 3 is 2.47 bits per heavy atom. The van der Waals surface area contributed by atoms with Gasteiger partial charge >= 0.3 is 0 Å². The molecule has 10 nitrogen and oxygen atoms in total. The average molecular weight is 589 g/mol. The van der Waals surface area contributed by atoms with Crippen molar-refractivity contribution in [2.75, 3.05) is 21.2 Å². The van der Waals surface area contributed by atoms with Gasteiger partial charge in [-0.1, -0.05) is 25.1 Å². The number of carbonyl (C=O) groups excluding carboxylic acids is 5. The van der Waals surface area contributed by atoms with Crippen molar-refractivity contribution in [3.05, 3.63) is 59.7 Å². The highest BCUT2D eigenvalue weighted by atomic mass is 16.5. The van der Waals surface area contributed by atoms with E-state index in [1.807, 2.05) is 24.3 Å². The van der Waals surface area contributed by atoms with Crippen LogP contribution in [0.25, 0.3) is 11.1 Å². The summed E-state index contributed by atoms with van der Waals surface area (Å²) in [5.41, 5.74) is 5.45. The van der Waals surface area contributed by atoms with Crippen LogP contribution < -0.4 is 10.5 Å². The number of ketones is 4. The second-order valence-electron chi connectivity index (χ2n) is 12.2. The Balaban J connectivity index is 1.66. The van der Waals surface area contributed by atoms with Gasteiger partial charge in [-0.3, -0.25) is 28.9 Å². The standard InChI is InChI=1S/C33H36N2O8/c1-6-7-15(2)16-8-11-23(43-5)19(12-16)18-9-10-22(36)25-20(18)13-17-14-21-27(35(3)4)29(38)26(32(34)41)31(40)33(21,42)30(39)24(17)28(25)37/h6,8-12,15,17,21,24,26-27,36,42H,1,7,13-14H2,2-5H3,(H2,34,41)/t15?,17-,21-,24?,26?,27-,33-/m1/s1. The Hall–Kier alpha value is -4.15. The minimum absolute atomic E-state index is 0.0213. The first kappa shape index (κ1) is 30.3. The van der Waals surface area contributed by atoms with Gasteiger partial charge in [-0.25, -0.2) is 0 Å². The molecular formula is C33H36N2O8. The number of aromatic hydroxyl groups is 1. The number of phenols is 1. The lowest BCUT2D eigenvalue weighted by atomic mass is 9.52. The van der Waals surface area contributed by atoms with Crippen LogP contribution in [-0.2, 0) is 25.6 Å². The summed E-state index contributed by atoms with van der Waals surface area (Å²) in [7, 11) is 4.65. The molecule has 2 fully saturated rings. The van der Waals surface area contributed by atoms with E-state index in [1.165, 1.54) is 18.1 Å². The van der Waals surface area contributed by atoms with Gasteiger partial charge in [-0.05, 0) is 80.1 Å². The molecule has 0 heterocycles. The number of aliphatic hydroxyl groups is 1. The van der Waals surface area contributed by atoms with Crippen molar-refractivity contribution < 1.29 is 38.9 Å². The molecule has 2 saturated carbocycles. The zero-order valence-electron chi connectivity index (χ0n) is 24.6. The largest absolute Gasteiger partial charge is 0.507 e. The summed E-state index contributed by atoms with van der Waals surface area (Å²) in [5, 5.41) is 22.7. The molecule has 2 aromatic carbocycles. The van der Waals surface area contributed by atoms with E-state index in [0.717, 1.165) is 12.0 Å². The highest BCUT2D eigenvalue weighted by Crippen LogP contribution is 2.52. The second kappa shape index (κ2) is 10.8. The molecule has 10 heteroatoms. The van der Waals surface area contributed by atoms with Gasteiger partial charge in [-0.2, -0.15) is 0 Å². The molecule has 1 amide bonds. The van der Waals surface area contributed by atoms with Crippen molar-refractivity contribution in [3.63, 3.8) is 0 Å². The normalized spacial score (nSPS) is 29.0. The van der Waals surface area contributed by atoms with Crippen molar-refractivity contribution >= 4 is 29.0 Å². The fourth-order valence-corrected chi connectivity index (χ4v) is 7.49.